The number of alkyl halides is 3. The van der Waals surface area contributed by atoms with Gasteiger partial charge in [0.15, 0.2) is 0 Å². The fourth-order valence-corrected chi connectivity index (χ4v) is 2.56. The van der Waals surface area contributed by atoms with Crippen LogP contribution in [0.4, 0.5) is 13.2 Å². The number of benzene rings is 2. The van der Waals surface area contributed by atoms with Crippen molar-refractivity contribution in [3.05, 3.63) is 71.3 Å². The summed E-state index contributed by atoms with van der Waals surface area (Å²) in [6.07, 6.45) is -3.74. The van der Waals surface area contributed by atoms with E-state index in [2.05, 4.69) is 30.9 Å². The lowest BCUT2D eigenvalue weighted by Crippen LogP contribution is -2.42. The summed E-state index contributed by atoms with van der Waals surface area (Å²) < 4.78 is 38.5. The number of rotatable bonds is 5. The molecule has 0 heterocycles. The van der Waals surface area contributed by atoms with Crippen molar-refractivity contribution in [2.24, 2.45) is 0 Å². The van der Waals surface area contributed by atoms with Crippen LogP contribution in [0.15, 0.2) is 54.6 Å². The Morgan fingerprint density at radius 1 is 0.870 bits per heavy atom. The predicted octanol–water partition coefficient (Wildman–Crippen LogP) is 5.16. The Morgan fingerprint density at radius 2 is 1.48 bits per heavy atom. The van der Waals surface area contributed by atoms with Crippen LogP contribution in [0.25, 0.3) is 0 Å². The number of likely N-dealkylation sites (N-methyl/N-ethyl adjacent to an activating group) is 1. The van der Waals surface area contributed by atoms with Crippen molar-refractivity contribution in [2.75, 3.05) is 7.05 Å². The van der Waals surface area contributed by atoms with Gasteiger partial charge in [0.2, 0.25) is 0 Å². The number of hydrogen-bond acceptors (Lipinski definition) is 1. The van der Waals surface area contributed by atoms with Crippen LogP contribution in [-0.4, -0.2) is 17.5 Å². The third-order valence-corrected chi connectivity index (χ3v) is 4.19. The van der Waals surface area contributed by atoms with Gasteiger partial charge < -0.3 is 0 Å². The summed E-state index contributed by atoms with van der Waals surface area (Å²) in [6, 6.07) is 15.7. The molecule has 0 aliphatic rings. The lowest BCUT2D eigenvalue weighted by molar-refractivity contribution is -0.137. The number of nitrogens with zero attached hydrogens (tertiary/aromatic N) is 1. The highest BCUT2D eigenvalue weighted by molar-refractivity contribution is 5.27. The van der Waals surface area contributed by atoms with Gasteiger partial charge in [-0.1, -0.05) is 48.5 Å². The molecule has 2 rings (SSSR count). The van der Waals surface area contributed by atoms with E-state index in [4.69, 9.17) is 0 Å². The molecule has 4 heteroatoms. The molecule has 0 radical (unpaired) electrons. The highest BCUT2D eigenvalue weighted by Gasteiger charge is 2.31. The fraction of sp³-hybridized carbons (Fsp3) is 0.368. The second-order valence-electron chi connectivity index (χ2n) is 6.53. The first-order chi connectivity index (χ1) is 10.7. The zero-order valence-electron chi connectivity index (χ0n) is 13.7. The van der Waals surface area contributed by atoms with Crippen molar-refractivity contribution < 1.29 is 13.2 Å². The molecule has 0 aliphatic carbocycles. The Kier molecular flexibility index (Phi) is 5.15. The van der Waals surface area contributed by atoms with Gasteiger partial charge in [-0.25, -0.2) is 0 Å². The second-order valence-corrected chi connectivity index (χ2v) is 6.53. The van der Waals surface area contributed by atoms with Crippen molar-refractivity contribution in [3.8, 4) is 0 Å². The van der Waals surface area contributed by atoms with Gasteiger partial charge in [-0.15, -0.1) is 0 Å². The Hall–Kier alpha value is -1.81. The summed E-state index contributed by atoms with van der Waals surface area (Å²) in [6.45, 7) is 4.86. The van der Waals surface area contributed by atoms with Crippen molar-refractivity contribution in [1.82, 2.24) is 4.90 Å². The van der Waals surface area contributed by atoms with Crippen molar-refractivity contribution >= 4 is 0 Å². The molecule has 0 aliphatic heterocycles. The van der Waals surface area contributed by atoms with Crippen molar-refractivity contribution in [2.45, 2.75) is 38.5 Å². The zero-order chi connectivity index (χ0) is 17.1. The molecule has 0 fully saturated rings. The van der Waals surface area contributed by atoms with Crippen molar-refractivity contribution in [1.29, 1.82) is 0 Å². The smallest absolute Gasteiger partial charge is 0.297 e. The lowest BCUT2D eigenvalue weighted by Gasteiger charge is -2.36. The molecule has 0 saturated carbocycles. The Balaban J connectivity index is 2.11. The molecule has 0 spiro atoms. The maximum absolute atomic E-state index is 12.8. The van der Waals surface area contributed by atoms with Crippen LogP contribution < -0.4 is 0 Å². The lowest BCUT2D eigenvalue weighted by atomic mass is 9.92. The van der Waals surface area contributed by atoms with Crippen LogP contribution in [0.1, 0.15) is 30.5 Å². The first-order valence-electron chi connectivity index (χ1n) is 7.60. The molecule has 0 unspecified atom stereocenters. The molecule has 1 nitrogen and oxygen atoms in total. The van der Waals surface area contributed by atoms with E-state index in [0.717, 1.165) is 12.6 Å². The monoisotopic (exact) mass is 321 g/mol. The Labute approximate surface area is 135 Å². The van der Waals surface area contributed by atoms with E-state index < -0.39 is 11.7 Å². The predicted molar refractivity (Wildman–Crippen MR) is 87.1 cm³/mol. The standard InChI is InChI=1S/C19H22F3N/c1-18(2,23(3)14-15-8-5-4-6-9-15)13-16-10-7-11-17(12-16)19(20,21)22/h4-12H,13-14H2,1-3H3. The van der Waals surface area contributed by atoms with Gasteiger partial charge in [-0.3, -0.25) is 4.90 Å². The van der Waals surface area contributed by atoms with E-state index in [-0.39, 0.29) is 5.54 Å². The summed E-state index contributed by atoms with van der Waals surface area (Å²) >= 11 is 0. The van der Waals surface area contributed by atoms with Crippen LogP contribution in [0.3, 0.4) is 0 Å². The minimum atomic E-state index is -4.30. The van der Waals surface area contributed by atoms with Gasteiger partial charge in [0.1, 0.15) is 0 Å². The number of halogens is 3. The molecular formula is C19H22F3N. The average Bonchev–Trinajstić information content (AvgIpc) is 2.47. The van der Waals surface area contributed by atoms with Gasteiger partial charge in [-0.05, 0) is 44.5 Å². The fourth-order valence-electron chi connectivity index (χ4n) is 2.56. The van der Waals surface area contributed by atoms with E-state index in [1.54, 1.807) is 6.07 Å². The van der Waals surface area contributed by atoms with E-state index >= 15 is 0 Å². The Morgan fingerprint density at radius 3 is 2.09 bits per heavy atom. The molecule has 0 atom stereocenters. The quantitative estimate of drug-likeness (QED) is 0.735. The first kappa shape index (κ1) is 17.5. The first-order valence-corrected chi connectivity index (χ1v) is 7.60. The molecule has 23 heavy (non-hydrogen) atoms. The molecule has 124 valence electrons. The van der Waals surface area contributed by atoms with Gasteiger partial charge in [0, 0.05) is 12.1 Å². The molecule has 0 aromatic heterocycles. The average molecular weight is 321 g/mol. The van der Waals surface area contributed by atoms with Crippen LogP contribution in [0.2, 0.25) is 0 Å². The van der Waals surface area contributed by atoms with Gasteiger partial charge >= 0.3 is 6.18 Å². The summed E-state index contributed by atoms with van der Waals surface area (Å²) in [5.41, 5.74) is 1.05. The molecule has 0 N–H and O–H groups in total. The third-order valence-electron chi connectivity index (χ3n) is 4.19. The van der Waals surface area contributed by atoms with Crippen LogP contribution in [0, 0.1) is 0 Å². The second kappa shape index (κ2) is 6.75. The Bertz CT molecular complexity index is 633. The molecule has 0 bridgehead atoms. The van der Waals surface area contributed by atoms with E-state index in [1.165, 1.54) is 17.7 Å². The SMILES string of the molecule is CN(Cc1ccccc1)C(C)(C)Cc1cccc(C(F)(F)F)c1. The minimum absolute atomic E-state index is 0.250. The van der Waals surface area contributed by atoms with Crippen LogP contribution in [-0.2, 0) is 19.1 Å². The van der Waals surface area contributed by atoms with E-state index in [0.29, 0.717) is 12.0 Å². The van der Waals surface area contributed by atoms with Gasteiger partial charge in [0.25, 0.3) is 0 Å². The minimum Gasteiger partial charge on any atom is -0.297 e. The van der Waals surface area contributed by atoms with E-state index in [9.17, 15) is 13.2 Å². The topological polar surface area (TPSA) is 3.24 Å². The maximum Gasteiger partial charge on any atom is 0.416 e. The molecule has 2 aromatic carbocycles. The molecule has 0 amide bonds. The zero-order valence-corrected chi connectivity index (χ0v) is 13.7. The molecular weight excluding hydrogens is 299 g/mol. The van der Waals surface area contributed by atoms with Crippen LogP contribution >= 0.6 is 0 Å². The largest absolute Gasteiger partial charge is 0.416 e. The van der Waals surface area contributed by atoms with Gasteiger partial charge in [0.05, 0.1) is 5.56 Å². The normalized spacial score (nSPS) is 12.7. The summed E-state index contributed by atoms with van der Waals surface area (Å²) in [7, 11) is 2.00. The summed E-state index contributed by atoms with van der Waals surface area (Å²) in [5, 5.41) is 0. The molecule has 2 aromatic rings. The number of hydrogen-bond donors (Lipinski definition) is 0. The van der Waals surface area contributed by atoms with Crippen molar-refractivity contribution in [3.63, 3.8) is 0 Å². The van der Waals surface area contributed by atoms with Gasteiger partial charge in [-0.2, -0.15) is 13.2 Å². The maximum atomic E-state index is 12.8. The summed E-state index contributed by atoms with van der Waals surface area (Å²) in [4.78, 5) is 2.17. The highest BCUT2D eigenvalue weighted by atomic mass is 19.4. The van der Waals surface area contributed by atoms with Crippen LogP contribution in [0.5, 0.6) is 0 Å². The summed E-state index contributed by atoms with van der Waals surface area (Å²) in [5.74, 6) is 0. The highest BCUT2D eigenvalue weighted by Crippen LogP contribution is 2.31. The van der Waals surface area contributed by atoms with E-state index in [1.807, 2.05) is 25.2 Å². The third kappa shape index (κ3) is 4.83. The molecule has 0 saturated heterocycles.